The standard InChI is InChI=1S/C22H17ClF3N7O/c1-12(19-28-5-2-6-29-19)33(11-16-4-3-15(10-30-16)22(24,25)26)21(34)14-7-13-8-17(23)18(27)32-20(13)31-9-14/h2-10,12H,11H2,1H3,(H2,27,31,32). The first kappa shape index (κ1) is 23.3. The van der Waals surface area contributed by atoms with Gasteiger partial charge < -0.3 is 10.6 Å². The van der Waals surface area contributed by atoms with Crippen LogP contribution < -0.4 is 5.73 Å². The Morgan fingerprint density at radius 2 is 1.85 bits per heavy atom. The fraction of sp³-hybridized carbons (Fsp3) is 0.182. The molecule has 4 aromatic heterocycles. The van der Waals surface area contributed by atoms with E-state index in [-0.39, 0.29) is 28.6 Å². The number of halogens is 4. The van der Waals surface area contributed by atoms with Crippen molar-refractivity contribution in [3.63, 3.8) is 0 Å². The van der Waals surface area contributed by atoms with E-state index < -0.39 is 23.7 Å². The van der Waals surface area contributed by atoms with Crippen molar-refractivity contribution in [2.24, 2.45) is 0 Å². The number of amides is 1. The molecule has 1 unspecified atom stereocenters. The first-order valence-electron chi connectivity index (χ1n) is 9.95. The zero-order valence-corrected chi connectivity index (χ0v) is 18.4. The maximum Gasteiger partial charge on any atom is 0.417 e. The minimum Gasteiger partial charge on any atom is -0.382 e. The van der Waals surface area contributed by atoms with Crippen LogP contribution in [0.5, 0.6) is 0 Å². The van der Waals surface area contributed by atoms with Crippen LogP contribution in [-0.4, -0.2) is 35.7 Å². The molecule has 0 aliphatic heterocycles. The van der Waals surface area contributed by atoms with Crippen LogP contribution in [0.2, 0.25) is 5.02 Å². The first-order valence-corrected chi connectivity index (χ1v) is 10.3. The van der Waals surface area contributed by atoms with Gasteiger partial charge in [0.1, 0.15) is 11.6 Å². The number of carbonyl (C=O) groups excluding carboxylic acids is 1. The summed E-state index contributed by atoms with van der Waals surface area (Å²) in [7, 11) is 0. The summed E-state index contributed by atoms with van der Waals surface area (Å²) in [5.74, 6) is 0.0172. The van der Waals surface area contributed by atoms with Crippen molar-refractivity contribution in [3.05, 3.63) is 82.8 Å². The Bertz CT molecular complexity index is 1330. The third-order valence-corrected chi connectivity index (χ3v) is 5.37. The van der Waals surface area contributed by atoms with E-state index >= 15 is 0 Å². The Morgan fingerprint density at radius 1 is 1.12 bits per heavy atom. The molecule has 0 fully saturated rings. The fourth-order valence-electron chi connectivity index (χ4n) is 3.25. The molecular weight excluding hydrogens is 471 g/mol. The Morgan fingerprint density at radius 3 is 2.50 bits per heavy atom. The van der Waals surface area contributed by atoms with E-state index in [2.05, 4.69) is 24.9 Å². The molecule has 2 N–H and O–H groups in total. The van der Waals surface area contributed by atoms with Crippen LogP contribution in [0.1, 0.15) is 40.4 Å². The molecule has 0 aliphatic rings. The summed E-state index contributed by atoms with van der Waals surface area (Å²) in [5, 5.41) is 0.719. The molecule has 0 saturated carbocycles. The highest BCUT2D eigenvalue weighted by Crippen LogP contribution is 2.29. The number of nitrogens with zero attached hydrogens (tertiary/aromatic N) is 6. The number of aromatic nitrogens is 5. The second-order valence-electron chi connectivity index (χ2n) is 7.38. The number of hydrogen-bond donors (Lipinski definition) is 1. The average Bonchev–Trinajstić information content (AvgIpc) is 2.82. The molecular formula is C22H17ClF3N7O. The monoisotopic (exact) mass is 487 g/mol. The second kappa shape index (κ2) is 9.18. The van der Waals surface area contributed by atoms with Gasteiger partial charge in [-0.1, -0.05) is 11.6 Å². The van der Waals surface area contributed by atoms with E-state index in [1.54, 1.807) is 25.1 Å². The van der Waals surface area contributed by atoms with Gasteiger partial charge in [0.15, 0.2) is 5.65 Å². The molecule has 0 radical (unpaired) electrons. The van der Waals surface area contributed by atoms with Gasteiger partial charge in [-0.3, -0.25) is 9.78 Å². The number of alkyl halides is 3. The molecule has 8 nitrogen and oxygen atoms in total. The minimum atomic E-state index is -4.51. The molecule has 0 aliphatic carbocycles. The summed E-state index contributed by atoms with van der Waals surface area (Å²) in [6, 6.07) is 6.28. The number of pyridine rings is 3. The lowest BCUT2D eigenvalue weighted by molar-refractivity contribution is -0.137. The largest absolute Gasteiger partial charge is 0.417 e. The third-order valence-electron chi connectivity index (χ3n) is 5.07. The molecule has 4 heterocycles. The topological polar surface area (TPSA) is 111 Å². The van der Waals surface area contributed by atoms with Crippen molar-refractivity contribution < 1.29 is 18.0 Å². The van der Waals surface area contributed by atoms with Crippen molar-refractivity contribution in [1.82, 2.24) is 29.8 Å². The first-order chi connectivity index (χ1) is 16.1. The Kier molecular flexibility index (Phi) is 6.29. The number of nitrogens with two attached hydrogens (primary N) is 1. The molecule has 0 spiro atoms. The van der Waals surface area contributed by atoms with E-state index in [0.29, 0.717) is 16.9 Å². The van der Waals surface area contributed by atoms with Crippen LogP contribution >= 0.6 is 11.6 Å². The van der Waals surface area contributed by atoms with Gasteiger partial charge in [-0.15, -0.1) is 0 Å². The Hall–Kier alpha value is -3.86. The fourth-order valence-corrected chi connectivity index (χ4v) is 3.41. The maximum absolute atomic E-state index is 13.5. The van der Waals surface area contributed by atoms with Crippen LogP contribution in [0.25, 0.3) is 11.0 Å². The lowest BCUT2D eigenvalue weighted by Gasteiger charge is -2.28. The highest BCUT2D eigenvalue weighted by molar-refractivity contribution is 6.33. The van der Waals surface area contributed by atoms with Crippen LogP contribution in [-0.2, 0) is 12.7 Å². The van der Waals surface area contributed by atoms with E-state index in [4.69, 9.17) is 17.3 Å². The zero-order valence-electron chi connectivity index (χ0n) is 17.7. The number of anilines is 1. The van der Waals surface area contributed by atoms with Crippen molar-refractivity contribution in [2.75, 3.05) is 5.73 Å². The zero-order chi connectivity index (χ0) is 24.5. The molecule has 0 bridgehead atoms. The van der Waals surface area contributed by atoms with E-state index in [9.17, 15) is 18.0 Å². The second-order valence-corrected chi connectivity index (χ2v) is 7.79. The van der Waals surface area contributed by atoms with E-state index in [0.717, 1.165) is 12.3 Å². The number of nitrogen functional groups attached to an aromatic ring is 1. The third kappa shape index (κ3) is 4.88. The summed E-state index contributed by atoms with van der Waals surface area (Å²) in [4.78, 5) is 35.5. The smallest absolute Gasteiger partial charge is 0.382 e. The summed E-state index contributed by atoms with van der Waals surface area (Å²) >= 11 is 6.05. The predicted molar refractivity (Wildman–Crippen MR) is 119 cm³/mol. The minimum absolute atomic E-state index is 0.0881. The normalized spacial score (nSPS) is 12.5. The maximum atomic E-state index is 13.5. The quantitative estimate of drug-likeness (QED) is 0.442. The van der Waals surface area contributed by atoms with Crippen molar-refractivity contribution in [2.45, 2.75) is 25.7 Å². The summed E-state index contributed by atoms with van der Waals surface area (Å²) < 4.78 is 38.7. The number of carbonyl (C=O) groups is 1. The Labute approximate surface area is 196 Å². The highest BCUT2D eigenvalue weighted by atomic mass is 35.5. The van der Waals surface area contributed by atoms with E-state index in [1.807, 2.05) is 0 Å². The Balaban J connectivity index is 1.70. The van der Waals surface area contributed by atoms with Crippen molar-refractivity contribution >= 4 is 34.4 Å². The van der Waals surface area contributed by atoms with Crippen LogP contribution in [0.15, 0.2) is 55.1 Å². The van der Waals surface area contributed by atoms with Gasteiger partial charge in [-0.25, -0.2) is 19.9 Å². The van der Waals surface area contributed by atoms with Gasteiger partial charge in [0, 0.05) is 30.2 Å². The van der Waals surface area contributed by atoms with Crippen molar-refractivity contribution in [3.8, 4) is 0 Å². The molecule has 0 saturated heterocycles. The molecule has 4 rings (SSSR count). The van der Waals surface area contributed by atoms with Gasteiger partial charge in [-0.2, -0.15) is 13.2 Å². The number of hydrogen-bond acceptors (Lipinski definition) is 7. The molecule has 4 aromatic rings. The lowest BCUT2D eigenvalue weighted by atomic mass is 10.1. The van der Waals surface area contributed by atoms with Crippen LogP contribution in [0, 0.1) is 0 Å². The summed E-state index contributed by atoms with van der Waals surface area (Å²) in [6.07, 6.45) is 0.636. The van der Waals surface area contributed by atoms with Crippen LogP contribution in [0.3, 0.4) is 0 Å². The predicted octanol–water partition coefficient (Wildman–Crippen LogP) is 4.47. The van der Waals surface area contributed by atoms with Gasteiger partial charge in [-0.05, 0) is 37.3 Å². The average molecular weight is 488 g/mol. The molecule has 174 valence electrons. The highest BCUT2D eigenvalue weighted by Gasteiger charge is 2.31. The summed E-state index contributed by atoms with van der Waals surface area (Å²) in [5.41, 5.74) is 5.62. The van der Waals surface area contributed by atoms with Gasteiger partial charge in [0.25, 0.3) is 5.91 Å². The van der Waals surface area contributed by atoms with Crippen molar-refractivity contribution in [1.29, 1.82) is 0 Å². The van der Waals surface area contributed by atoms with Gasteiger partial charge >= 0.3 is 6.18 Å². The summed E-state index contributed by atoms with van der Waals surface area (Å²) in [6.45, 7) is 1.63. The molecule has 12 heteroatoms. The van der Waals surface area contributed by atoms with Gasteiger partial charge in [0.05, 0.1) is 34.4 Å². The molecule has 0 aromatic carbocycles. The molecule has 1 amide bonds. The van der Waals surface area contributed by atoms with Crippen LogP contribution in [0.4, 0.5) is 19.0 Å². The number of rotatable bonds is 5. The number of fused-ring (bicyclic) bond motifs is 1. The lowest BCUT2D eigenvalue weighted by Crippen LogP contribution is -2.34. The molecule has 1 atom stereocenters. The van der Waals surface area contributed by atoms with E-state index in [1.165, 1.54) is 29.6 Å². The van der Waals surface area contributed by atoms with Gasteiger partial charge in [0.2, 0.25) is 0 Å². The molecule has 34 heavy (non-hydrogen) atoms. The SMILES string of the molecule is CC(c1ncccn1)N(Cc1ccc(C(F)(F)F)cn1)C(=O)c1cnc2nc(N)c(Cl)cc2c1.